The zero-order valence-corrected chi connectivity index (χ0v) is 12.2. The van der Waals surface area contributed by atoms with Crippen molar-refractivity contribution in [2.75, 3.05) is 20.2 Å². The fourth-order valence-electron chi connectivity index (χ4n) is 2.10. The van der Waals surface area contributed by atoms with E-state index in [0.29, 0.717) is 12.1 Å². The quantitative estimate of drug-likeness (QED) is 0.806. The molecule has 0 radical (unpaired) electrons. The summed E-state index contributed by atoms with van der Waals surface area (Å²) in [5.41, 5.74) is 0.438. The highest BCUT2D eigenvalue weighted by atomic mass is 35.5. The second-order valence-corrected chi connectivity index (χ2v) is 5.44. The van der Waals surface area contributed by atoms with Crippen molar-refractivity contribution in [1.82, 2.24) is 9.88 Å². The van der Waals surface area contributed by atoms with Crippen LogP contribution in [0.2, 0.25) is 10.2 Å². The van der Waals surface area contributed by atoms with Crippen LogP contribution in [0.4, 0.5) is 0 Å². The number of nitrogens with zero attached hydrogens (tertiary/aromatic N) is 2. The summed E-state index contributed by atoms with van der Waals surface area (Å²) in [5.74, 6) is -0.125. The Hall–Kier alpha value is -0.840. The molecule has 0 bridgehead atoms. The fourth-order valence-corrected chi connectivity index (χ4v) is 2.37. The van der Waals surface area contributed by atoms with Crippen LogP contribution in [0.15, 0.2) is 12.3 Å². The van der Waals surface area contributed by atoms with E-state index < -0.39 is 0 Å². The van der Waals surface area contributed by atoms with E-state index in [-0.39, 0.29) is 22.2 Å². The molecule has 0 aromatic carbocycles. The lowest BCUT2D eigenvalue weighted by molar-refractivity contribution is -0.000194. The van der Waals surface area contributed by atoms with Crippen molar-refractivity contribution >= 4 is 29.1 Å². The molecule has 1 fully saturated rings. The van der Waals surface area contributed by atoms with Gasteiger partial charge in [0.25, 0.3) is 5.91 Å². The van der Waals surface area contributed by atoms with Gasteiger partial charge in [-0.2, -0.15) is 0 Å². The van der Waals surface area contributed by atoms with Gasteiger partial charge in [0, 0.05) is 26.4 Å². The molecule has 6 heteroatoms. The molecule has 1 saturated heterocycles. The number of halogens is 2. The predicted molar refractivity (Wildman–Crippen MR) is 74.8 cm³/mol. The Morgan fingerprint density at radius 1 is 1.53 bits per heavy atom. The van der Waals surface area contributed by atoms with Gasteiger partial charge < -0.3 is 9.64 Å². The smallest absolute Gasteiger partial charge is 0.255 e. The van der Waals surface area contributed by atoms with Crippen LogP contribution in [-0.2, 0) is 4.74 Å². The molecule has 4 nitrogen and oxygen atoms in total. The van der Waals surface area contributed by atoms with Crippen molar-refractivity contribution in [2.45, 2.75) is 25.4 Å². The number of hydrogen-bond donors (Lipinski definition) is 0. The van der Waals surface area contributed by atoms with E-state index in [9.17, 15) is 4.79 Å². The number of aromatic nitrogens is 1. The first-order valence-electron chi connectivity index (χ1n) is 6.26. The van der Waals surface area contributed by atoms with Crippen molar-refractivity contribution in [3.8, 4) is 0 Å². The van der Waals surface area contributed by atoms with E-state index in [2.05, 4.69) is 4.98 Å². The topological polar surface area (TPSA) is 42.4 Å². The number of amides is 1. The minimum Gasteiger partial charge on any atom is -0.376 e. The van der Waals surface area contributed by atoms with E-state index in [4.69, 9.17) is 27.9 Å². The highest BCUT2D eigenvalue weighted by Crippen LogP contribution is 2.21. The Kier molecular flexibility index (Phi) is 5.02. The lowest BCUT2D eigenvalue weighted by atomic mass is 10.1. The van der Waals surface area contributed by atoms with Gasteiger partial charge in [-0.25, -0.2) is 4.98 Å². The first-order valence-corrected chi connectivity index (χ1v) is 7.01. The van der Waals surface area contributed by atoms with Crippen LogP contribution in [-0.4, -0.2) is 42.1 Å². The summed E-state index contributed by atoms with van der Waals surface area (Å²) in [7, 11) is 1.75. The molecule has 1 aliphatic heterocycles. The van der Waals surface area contributed by atoms with E-state index in [1.165, 1.54) is 12.3 Å². The minimum absolute atomic E-state index is 0.124. The fraction of sp³-hybridized carbons (Fsp3) is 0.538. The van der Waals surface area contributed by atoms with Gasteiger partial charge in [-0.15, -0.1) is 0 Å². The molecule has 2 heterocycles. The molecule has 19 heavy (non-hydrogen) atoms. The van der Waals surface area contributed by atoms with Gasteiger partial charge in [-0.1, -0.05) is 23.2 Å². The number of carbonyl (C=O) groups is 1. The third-order valence-corrected chi connectivity index (χ3v) is 3.83. The van der Waals surface area contributed by atoms with Gasteiger partial charge in [0.15, 0.2) is 0 Å². The van der Waals surface area contributed by atoms with Crippen molar-refractivity contribution in [3.05, 3.63) is 28.0 Å². The summed E-state index contributed by atoms with van der Waals surface area (Å²) < 4.78 is 5.62. The lowest BCUT2D eigenvalue weighted by Gasteiger charge is -2.27. The number of rotatable bonds is 3. The van der Waals surface area contributed by atoms with Crippen molar-refractivity contribution < 1.29 is 9.53 Å². The van der Waals surface area contributed by atoms with Gasteiger partial charge in [-0.05, 0) is 25.3 Å². The molecule has 1 aliphatic rings. The first kappa shape index (κ1) is 14.6. The number of ether oxygens (including phenoxy) is 1. The van der Waals surface area contributed by atoms with E-state index in [0.717, 1.165) is 25.9 Å². The largest absolute Gasteiger partial charge is 0.376 e. The molecule has 1 amide bonds. The summed E-state index contributed by atoms with van der Waals surface area (Å²) >= 11 is 11.6. The maximum Gasteiger partial charge on any atom is 0.255 e. The SMILES string of the molecule is CN(CC1CCCCO1)C(=O)c1cnc(Cl)c(Cl)c1. The number of hydrogen-bond acceptors (Lipinski definition) is 3. The predicted octanol–water partition coefficient (Wildman–Crippen LogP) is 3.03. The van der Waals surface area contributed by atoms with Crippen molar-refractivity contribution in [3.63, 3.8) is 0 Å². The molecule has 2 rings (SSSR count). The van der Waals surface area contributed by atoms with E-state index in [1.54, 1.807) is 11.9 Å². The Morgan fingerprint density at radius 3 is 2.95 bits per heavy atom. The van der Waals surface area contributed by atoms with Crippen LogP contribution >= 0.6 is 23.2 Å². The Balaban J connectivity index is 1.99. The zero-order valence-electron chi connectivity index (χ0n) is 10.7. The minimum atomic E-state index is -0.125. The molecule has 1 aromatic heterocycles. The Labute approximate surface area is 122 Å². The molecular weight excluding hydrogens is 287 g/mol. The van der Waals surface area contributed by atoms with Gasteiger partial charge in [-0.3, -0.25) is 4.79 Å². The molecule has 1 unspecified atom stereocenters. The second kappa shape index (κ2) is 6.55. The normalized spacial score (nSPS) is 19.2. The van der Waals surface area contributed by atoms with Crippen LogP contribution in [0.1, 0.15) is 29.6 Å². The lowest BCUT2D eigenvalue weighted by Crippen LogP contribution is -2.37. The first-order chi connectivity index (χ1) is 9.08. The molecule has 0 saturated carbocycles. The highest BCUT2D eigenvalue weighted by molar-refractivity contribution is 6.41. The molecule has 0 aliphatic carbocycles. The standard InChI is InChI=1S/C13H16Cl2N2O2/c1-17(8-10-4-2-3-5-19-10)13(18)9-6-11(14)12(15)16-7-9/h6-7,10H,2-5,8H2,1H3. The molecule has 0 spiro atoms. The summed E-state index contributed by atoms with van der Waals surface area (Å²) in [5, 5.41) is 0.492. The monoisotopic (exact) mass is 302 g/mol. The Bertz CT molecular complexity index is 462. The number of carbonyl (C=O) groups excluding carboxylic acids is 1. The molecule has 1 atom stereocenters. The second-order valence-electron chi connectivity index (χ2n) is 4.67. The summed E-state index contributed by atoms with van der Waals surface area (Å²) in [6.45, 7) is 1.36. The van der Waals surface area contributed by atoms with Crippen LogP contribution < -0.4 is 0 Å². The third-order valence-electron chi connectivity index (χ3n) is 3.14. The molecule has 104 valence electrons. The van der Waals surface area contributed by atoms with Crippen molar-refractivity contribution in [2.24, 2.45) is 0 Å². The Morgan fingerprint density at radius 2 is 2.32 bits per heavy atom. The van der Waals surface area contributed by atoms with Gasteiger partial charge in [0.1, 0.15) is 5.15 Å². The number of pyridine rings is 1. The molecule has 0 N–H and O–H groups in total. The number of likely N-dealkylation sites (N-methyl/N-ethyl adjacent to an activating group) is 1. The van der Waals surface area contributed by atoms with Gasteiger partial charge in [0.2, 0.25) is 0 Å². The van der Waals surface area contributed by atoms with E-state index in [1.807, 2.05) is 0 Å². The third kappa shape index (κ3) is 3.81. The molecular formula is C13H16Cl2N2O2. The average molecular weight is 303 g/mol. The van der Waals surface area contributed by atoms with E-state index >= 15 is 0 Å². The van der Waals surface area contributed by atoms with Crippen LogP contribution in [0, 0.1) is 0 Å². The van der Waals surface area contributed by atoms with Gasteiger partial charge in [0.05, 0.1) is 16.7 Å². The van der Waals surface area contributed by atoms with Crippen LogP contribution in [0.25, 0.3) is 0 Å². The zero-order chi connectivity index (χ0) is 13.8. The average Bonchev–Trinajstić information content (AvgIpc) is 2.42. The molecule has 1 aromatic rings. The van der Waals surface area contributed by atoms with Crippen molar-refractivity contribution in [1.29, 1.82) is 0 Å². The maximum atomic E-state index is 12.2. The highest BCUT2D eigenvalue weighted by Gasteiger charge is 2.20. The maximum absolute atomic E-state index is 12.2. The summed E-state index contributed by atoms with van der Waals surface area (Å²) in [4.78, 5) is 17.7. The summed E-state index contributed by atoms with van der Waals surface area (Å²) in [6.07, 6.45) is 4.82. The van der Waals surface area contributed by atoms with Crippen LogP contribution in [0.3, 0.4) is 0 Å². The van der Waals surface area contributed by atoms with Crippen LogP contribution in [0.5, 0.6) is 0 Å². The summed E-state index contributed by atoms with van der Waals surface area (Å²) in [6, 6.07) is 1.54. The van der Waals surface area contributed by atoms with Gasteiger partial charge >= 0.3 is 0 Å².